The SMILES string of the molecule is CN[C@@H](C)c1ncc(-c2ccc(-c3ncc(C4=CN=C(C5CCCC5)C4)cn3)cc2)[nH]1.C[C@H](N)c1ncc(-c2cnc(-c3ccc(C4=CN=C(C5CCCC5)C4)cc3)nc2)[nH]1. The zero-order chi connectivity index (χ0) is 41.7. The van der Waals surface area contributed by atoms with Gasteiger partial charge in [-0.05, 0) is 80.7 Å². The minimum Gasteiger partial charge on any atom is -0.341 e. The fourth-order valence-corrected chi connectivity index (χ4v) is 8.71. The van der Waals surface area contributed by atoms with Crippen LogP contribution in [-0.4, -0.2) is 58.3 Å². The topological polar surface area (TPSA) is 172 Å². The van der Waals surface area contributed by atoms with Crippen LogP contribution in [0.4, 0.5) is 0 Å². The van der Waals surface area contributed by atoms with Gasteiger partial charge in [-0.15, -0.1) is 0 Å². The second kappa shape index (κ2) is 18.2. The quantitative estimate of drug-likeness (QED) is 0.100. The molecule has 2 aliphatic heterocycles. The largest absolute Gasteiger partial charge is 0.341 e. The van der Waals surface area contributed by atoms with Crippen LogP contribution < -0.4 is 11.1 Å². The van der Waals surface area contributed by atoms with Crippen molar-refractivity contribution in [3.05, 3.63) is 121 Å². The van der Waals surface area contributed by atoms with Crippen molar-refractivity contribution in [2.45, 2.75) is 90.1 Å². The van der Waals surface area contributed by atoms with Gasteiger partial charge >= 0.3 is 0 Å². The van der Waals surface area contributed by atoms with Gasteiger partial charge in [-0.25, -0.2) is 29.9 Å². The molecule has 12 nitrogen and oxygen atoms in total. The molecule has 5 N–H and O–H groups in total. The van der Waals surface area contributed by atoms with Crippen molar-refractivity contribution in [1.29, 1.82) is 0 Å². The monoisotopic (exact) mass is 810 g/mol. The van der Waals surface area contributed by atoms with Gasteiger partial charge in [-0.1, -0.05) is 74.2 Å². The number of aromatic amines is 2. The van der Waals surface area contributed by atoms with Gasteiger partial charge < -0.3 is 21.0 Å². The molecule has 2 aromatic carbocycles. The van der Waals surface area contributed by atoms with E-state index in [2.05, 4.69) is 107 Å². The Balaban J connectivity index is 0.000000156. The van der Waals surface area contributed by atoms with E-state index in [0.717, 1.165) is 69.5 Å². The Bertz CT molecular complexity index is 2550. The van der Waals surface area contributed by atoms with Crippen molar-refractivity contribution >= 4 is 22.6 Å². The van der Waals surface area contributed by atoms with Gasteiger partial charge in [0.1, 0.15) is 11.6 Å². The first-order valence-corrected chi connectivity index (χ1v) is 21.8. The Kier molecular flexibility index (Phi) is 12.0. The summed E-state index contributed by atoms with van der Waals surface area (Å²) in [6.45, 7) is 3.98. The smallest absolute Gasteiger partial charge is 0.159 e. The number of hydrogen-bond acceptors (Lipinski definition) is 10. The molecule has 0 amide bonds. The number of benzene rings is 2. The number of nitrogens with zero attached hydrogens (tertiary/aromatic N) is 8. The molecule has 6 aromatic rings. The maximum atomic E-state index is 5.87. The summed E-state index contributed by atoms with van der Waals surface area (Å²) in [5.74, 6) is 4.51. The number of H-pyrrole nitrogens is 2. The highest BCUT2D eigenvalue weighted by Gasteiger charge is 2.25. The van der Waals surface area contributed by atoms with Gasteiger partial charge in [0, 0.05) is 83.7 Å². The molecule has 2 saturated carbocycles. The molecule has 0 saturated heterocycles. The molecule has 2 fully saturated rings. The zero-order valence-corrected chi connectivity index (χ0v) is 35.3. The number of nitrogens with two attached hydrogens (primary N) is 1. The summed E-state index contributed by atoms with van der Waals surface area (Å²) < 4.78 is 0. The molecule has 61 heavy (non-hydrogen) atoms. The third kappa shape index (κ3) is 9.11. The molecule has 10 rings (SSSR count). The Labute approximate surface area is 357 Å². The summed E-state index contributed by atoms with van der Waals surface area (Å²) in [4.78, 5) is 43.1. The van der Waals surface area contributed by atoms with Crippen molar-refractivity contribution in [2.75, 3.05) is 7.05 Å². The van der Waals surface area contributed by atoms with E-state index in [1.165, 1.54) is 79.5 Å². The summed E-state index contributed by atoms with van der Waals surface area (Å²) in [7, 11) is 1.93. The molecule has 4 aliphatic rings. The number of aromatic nitrogens is 8. The summed E-state index contributed by atoms with van der Waals surface area (Å²) >= 11 is 0. The highest BCUT2D eigenvalue weighted by atomic mass is 15.0. The molecular formula is C49H54N12. The third-order valence-corrected chi connectivity index (χ3v) is 12.6. The lowest BCUT2D eigenvalue weighted by Crippen LogP contribution is -2.13. The molecule has 2 aliphatic carbocycles. The van der Waals surface area contributed by atoms with Gasteiger partial charge in [0.15, 0.2) is 11.6 Å². The molecule has 310 valence electrons. The highest BCUT2D eigenvalue weighted by molar-refractivity contribution is 6.00. The predicted molar refractivity (Wildman–Crippen MR) is 244 cm³/mol. The van der Waals surface area contributed by atoms with E-state index in [-0.39, 0.29) is 12.1 Å². The lowest BCUT2D eigenvalue weighted by molar-refractivity contribution is 0.618. The highest BCUT2D eigenvalue weighted by Crippen LogP contribution is 2.35. The normalized spacial score (nSPS) is 17.7. The minimum atomic E-state index is -0.132. The number of nitrogens with one attached hydrogen (secondary N) is 3. The standard InChI is InChI=1S/C25H28N6.C24H26N6/c1-16(26-2)24-30-15-23(31-24)18-7-9-19(10-8-18)25-28-13-21(14-29-25)20-11-22(27-12-20)17-5-3-4-6-17;1-15(25)23-29-14-22(30-23)20-12-27-24(28-13-20)18-8-6-16(7-9-18)19-10-21(26-11-19)17-4-2-3-5-17/h7-10,12-17,26H,3-6,11H2,1-2H3,(H,30,31);6-9,11-15,17H,2-5,10,25H2,1H3,(H,29,30)/t16-;15-/m00/s1. The predicted octanol–water partition coefficient (Wildman–Crippen LogP) is 10.1. The van der Waals surface area contributed by atoms with E-state index in [1.54, 1.807) is 6.20 Å². The number of hydrogen-bond donors (Lipinski definition) is 4. The average molecular weight is 811 g/mol. The van der Waals surface area contributed by atoms with Gasteiger partial charge in [-0.2, -0.15) is 0 Å². The van der Waals surface area contributed by atoms with E-state index in [4.69, 9.17) is 15.7 Å². The molecule has 0 bridgehead atoms. The second-order valence-electron chi connectivity index (χ2n) is 16.8. The van der Waals surface area contributed by atoms with Crippen LogP contribution in [0.15, 0.2) is 108 Å². The van der Waals surface area contributed by atoms with Gasteiger partial charge in [0.2, 0.25) is 0 Å². The zero-order valence-electron chi connectivity index (χ0n) is 35.3. The van der Waals surface area contributed by atoms with Crippen LogP contribution in [0, 0.1) is 11.8 Å². The fourth-order valence-electron chi connectivity index (χ4n) is 8.71. The number of aliphatic imine (C=N–C) groups is 2. The van der Waals surface area contributed by atoms with Crippen molar-refractivity contribution in [3.8, 4) is 45.3 Å². The maximum Gasteiger partial charge on any atom is 0.159 e. The van der Waals surface area contributed by atoms with Crippen LogP contribution in [0.3, 0.4) is 0 Å². The van der Waals surface area contributed by atoms with Crippen molar-refractivity contribution < 1.29 is 0 Å². The van der Waals surface area contributed by atoms with Crippen molar-refractivity contribution in [2.24, 2.45) is 27.6 Å². The Hall–Kier alpha value is -6.24. The lowest BCUT2D eigenvalue weighted by atomic mass is 9.94. The summed E-state index contributed by atoms with van der Waals surface area (Å²) in [6.07, 6.45) is 27.7. The molecule has 0 spiro atoms. The third-order valence-electron chi connectivity index (χ3n) is 12.6. The number of rotatable bonds is 11. The molecule has 0 unspecified atom stereocenters. The maximum absolute atomic E-state index is 5.87. The second-order valence-corrected chi connectivity index (χ2v) is 16.8. The molecule has 0 radical (unpaired) electrons. The van der Waals surface area contributed by atoms with E-state index in [0.29, 0.717) is 17.7 Å². The van der Waals surface area contributed by atoms with Gasteiger partial charge in [0.25, 0.3) is 0 Å². The van der Waals surface area contributed by atoms with Crippen LogP contribution in [0.1, 0.15) is 113 Å². The Morgan fingerprint density at radius 1 is 0.525 bits per heavy atom. The van der Waals surface area contributed by atoms with E-state index in [9.17, 15) is 0 Å². The van der Waals surface area contributed by atoms with E-state index < -0.39 is 0 Å². The van der Waals surface area contributed by atoms with Gasteiger partial charge in [0.05, 0.1) is 35.9 Å². The van der Waals surface area contributed by atoms with Crippen molar-refractivity contribution in [3.63, 3.8) is 0 Å². The minimum absolute atomic E-state index is 0.132. The van der Waals surface area contributed by atoms with Crippen LogP contribution in [-0.2, 0) is 0 Å². The van der Waals surface area contributed by atoms with Crippen LogP contribution in [0.25, 0.3) is 56.4 Å². The van der Waals surface area contributed by atoms with Crippen LogP contribution in [0.5, 0.6) is 0 Å². The lowest BCUT2D eigenvalue weighted by Gasteiger charge is -2.10. The Morgan fingerprint density at radius 2 is 0.951 bits per heavy atom. The van der Waals surface area contributed by atoms with Gasteiger partial charge in [-0.3, -0.25) is 9.98 Å². The summed E-state index contributed by atoms with van der Waals surface area (Å²) in [6, 6.07) is 16.8. The molecular weight excluding hydrogens is 757 g/mol. The molecule has 2 atom stereocenters. The molecule has 6 heterocycles. The first kappa shape index (κ1) is 40.2. The van der Waals surface area contributed by atoms with E-state index >= 15 is 0 Å². The molecule has 4 aromatic heterocycles. The Morgan fingerprint density at radius 3 is 1.44 bits per heavy atom. The molecule has 12 heteroatoms. The average Bonchev–Trinajstić information content (AvgIpc) is 4.17. The number of allylic oxidation sites excluding steroid dienone is 2. The van der Waals surface area contributed by atoms with Crippen LogP contribution in [0.2, 0.25) is 0 Å². The fraction of sp³-hybridized carbons (Fsp3) is 0.347. The summed E-state index contributed by atoms with van der Waals surface area (Å²) in [5.41, 5.74) is 19.3. The van der Waals surface area contributed by atoms with Crippen molar-refractivity contribution in [1.82, 2.24) is 45.2 Å². The van der Waals surface area contributed by atoms with Crippen LogP contribution >= 0.6 is 0 Å². The first-order chi connectivity index (χ1) is 29.9. The first-order valence-electron chi connectivity index (χ1n) is 21.8. The number of imidazole rings is 2. The van der Waals surface area contributed by atoms with E-state index in [1.807, 2.05) is 51.2 Å². The summed E-state index contributed by atoms with van der Waals surface area (Å²) in [5, 5.41) is 3.20.